The molecule has 3 aromatic heterocycles. The number of amides is 1. The van der Waals surface area contributed by atoms with Crippen LogP contribution in [0.15, 0.2) is 39.5 Å². The molecule has 9 heteroatoms. The fraction of sp³-hybridized carbons (Fsp3) is 0.133. The molecular weight excluding hydrogens is 330 g/mol. The first kappa shape index (κ1) is 15.8. The van der Waals surface area contributed by atoms with Gasteiger partial charge in [-0.3, -0.25) is 19.6 Å². The molecule has 8 nitrogen and oxygen atoms in total. The van der Waals surface area contributed by atoms with Gasteiger partial charge in [0.05, 0.1) is 12.1 Å². The van der Waals surface area contributed by atoms with E-state index >= 15 is 0 Å². The molecule has 1 amide bonds. The number of rotatable bonds is 4. The second-order valence-electron chi connectivity index (χ2n) is 5.02. The molecule has 3 heterocycles. The molecule has 0 radical (unpaired) electrons. The summed E-state index contributed by atoms with van der Waals surface area (Å²) in [6.45, 7) is 1.57. The number of carbonyl (C=O) groups is 1. The van der Waals surface area contributed by atoms with Gasteiger partial charge in [-0.05, 0) is 19.1 Å². The Kier molecular flexibility index (Phi) is 4.34. The molecular formula is C15H13N5O3S. The van der Waals surface area contributed by atoms with E-state index < -0.39 is 11.2 Å². The van der Waals surface area contributed by atoms with Gasteiger partial charge in [0.15, 0.2) is 5.13 Å². The fourth-order valence-electron chi connectivity index (χ4n) is 2.14. The molecule has 0 saturated heterocycles. The highest BCUT2D eigenvalue weighted by molar-refractivity contribution is 7.14. The largest absolute Gasteiger partial charge is 0.325 e. The van der Waals surface area contributed by atoms with Crippen molar-refractivity contribution in [3.05, 3.63) is 62.0 Å². The molecule has 0 bridgehead atoms. The van der Waals surface area contributed by atoms with Crippen molar-refractivity contribution in [1.29, 1.82) is 0 Å². The third-order valence-corrected chi connectivity index (χ3v) is 4.06. The zero-order valence-electron chi connectivity index (χ0n) is 12.6. The molecule has 0 fully saturated rings. The highest BCUT2D eigenvalue weighted by Gasteiger charge is 2.13. The summed E-state index contributed by atoms with van der Waals surface area (Å²) in [6, 6.07) is 3.68. The van der Waals surface area contributed by atoms with Gasteiger partial charge in [0.2, 0.25) is 5.91 Å². The summed E-state index contributed by atoms with van der Waals surface area (Å²) in [6.07, 6.45) is 3.20. The molecule has 0 atom stereocenters. The maximum Gasteiger partial charge on any atom is 0.325 e. The van der Waals surface area contributed by atoms with Gasteiger partial charge < -0.3 is 10.3 Å². The minimum absolute atomic E-state index is 0.153. The number of aryl methyl sites for hydroxylation is 1. The molecule has 0 aliphatic carbocycles. The first-order chi connectivity index (χ1) is 11.5. The van der Waals surface area contributed by atoms with Crippen LogP contribution in [0.25, 0.3) is 11.3 Å². The number of thiazole rings is 1. The van der Waals surface area contributed by atoms with Crippen LogP contribution in [0.5, 0.6) is 0 Å². The number of carbonyl (C=O) groups excluding carboxylic acids is 1. The maximum atomic E-state index is 12.1. The summed E-state index contributed by atoms with van der Waals surface area (Å²) in [5, 5.41) is 4.89. The lowest BCUT2D eigenvalue weighted by atomic mass is 10.1. The Hall–Kier alpha value is -3.07. The van der Waals surface area contributed by atoms with Gasteiger partial charge in [0.25, 0.3) is 5.56 Å². The highest BCUT2D eigenvalue weighted by atomic mass is 32.1. The van der Waals surface area contributed by atoms with Crippen LogP contribution in [0.4, 0.5) is 5.13 Å². The van der Waals surface area contributed by atoms with Crippen molar-refractivity contribution in [2.24, 2.45) is 0 Å². The molecule has 0 saturated carbocycles. The van der Waals surface area contributed by atoms with Gasteiger partial charge in [-0.25, -0.2) is 9.78 Å². The number of hydrogen-bond donors (Lipinski definition) is 3. The standard InChI is InChI=1S/C15H13N5O3S/c1-8-10(13(22)20-14(23)17-8)5-12(21)19-15-18-11(7-24-15)9-3-2-4-16-6-9/h2-4,6-7H,5H2,1H3,(H,18,19,21)(H2,17,20,22,23). The van der Waals surface area contributed by atoms with Crippen LogP contribution in [0, 0.1) is 6.92 Å². The van der Waals surface area contributed by atoms with Crippen LogP contribution in [0.1, 0.15) is 11.3 Å². The average molecular weight is 343 g/mol. The Balaban J connectivity index is 1.74. The predicted molar refractivity (Wildman–Crippen MR) is 90.1 cm³/mol. The van der Waals surface area contributed by atoms with E-state index in [0.29, 0.717) is 16.5 Å². The second kappa shape index (κ2) is 6.59. The summed E-state index contributed by atoms with van der Waals surface area (Å²) >= 11 is 1.28. The first-order valence-electron chi connectivity index (χ1n) is 7.01. The number of aromatic amines is 2. The molecule has 122 valence electrons. The number of nitrogens with one attached hydrogen (secondary N) is 3. The summed E-state index contributed by atoms with van der Waals surface area (Å²) in [5.74, 6) is -0.386. The van der Waals surface area contributed by atoms with Crippen molar-refractivity contribution < 1.29 is 4.79 Å². The summed E-state index contributed by atoms with van der Waals surface area (Å²) < 4.78 is 0. The lowest BCUT2D eigenvalue weighted by Crippen LogP contribution is -2.29. The second-order valence-corrected chi connectivity index (χ2v) is 5.87. The Morgan fingerprint density at radius 3 is 2.88 bits per heavy atom. The molecule has 0 spiro atoms. The van der Waals surface area contributed by atoms with Crippen molar-refractivity contribution in [2.75, 3.05) is 5.32 Å². The molecule has 3 N–H and O–H groups in total. The molecule has 3 aromatic rings. The van der Waals surface area contributed by atoms with Gasteiger partial charge in [0.1, 0.15) is 0 Å². The van der Waals surface area contributed by atoms with Crippen LogP contribution < -0.4 is 16.6 Å². The molecule has 24 heavy (non-hydrogen) atoms. The van der Waals surface area contributed by atoms with E-state index in [9.17, 15) is 14.4 Å². The van der Waals surface area contributed by atoms with Crippen LogP contribution in [-0.2, 0) is 11.2 Å². The van der Waals surface area contributed by atoms with Crippen molar-refractivity contribution in [1.82, 2.24) is 19.9 Å². The van der Waals surface area contributed by atoms with Crippen LogP contribution in [0.2, 0.25) is 0 Å². The minimum atomic E-state index is -0.595. The van der Waals surface area contributed by atoms with E-state index in [1.165, 1.54) is 11.3 Å². The van der Waals surface area contributed by atoms with Crippen LogP contribution in [0.3, 0.4) is 0 Å². The zero-order valence-corrected chi connectivity index (χ0v) is 13.4. The van der Waals surface area contributed by atoms with Gasteiger partial charge in [-0.2, -0.15) is 0 Å². The monoisotopic (exact) mass is 343 g/mol. The summed E-state index contributed by atoms with van der Waals surface area (Å²) in [7, 11) is 0. The topological polar surface area (TPSA) is 121 Å². The normalized spacial score (nSPS) is 10.5. The number of H-pyrrole nitrogens is 2. The number of pyridine rings is 1. The van der Waals surface area contributed by atoms with Gasteiger partial charge in [0, 0.05) is 34.6 Å². The highest BCUT2D eigenvalue weighted by Crippen LogP contribution is 2.24. The molecule has 0 aliphatic rings. The fourth-order valence-corrected chi connectivity index (χ4v) is 2.88. The third kappa shape index (κ3) is 3.46. The summed E-state index contributed by atoms with van der Waals surface area (Å²) in [4.78, 5) is 47.9. The van der Waals surface area contributed by atoms with E-state index in [-0.39, 0.29) is 17.9 Å². The number of anilines is 1. The van der Waals surface area contributed by atoms with Crippen LogP contribution in [-0.4, -0.2) is 25.8 Å². The molecule has 0 aliphatic heterocycles. The Labute approximate surface area is 139 Å². The van der Waals surface area contributed by atoms with Crippen LogP contribution >= 0.6 is 11.3 Å². The molecule has 0 unspecified atom stereocenters. The average Bonchev–Trinajstić information content (AvgIpc) is 3.00. The Bertz CT molecular complexity index is 990. The Morgan fingerprint density at radius 2 is 2.17 bits per heavy atom. The van der Waals surface area contributed by atoms with E-state index in [0.717, 1.165) is 5.56 Å². The number of aromatic nitrogens is 4. The van der Waals surface area contributed by atoms with Crippen molar-refractivity contribution in [2.45, 2.75) is 13.3 Å². The lowest BCUT2D eigenvalue weighted by Gasteiger charge is -2.04. The van der Waals surface area contributed by atoms with Crippen molar-refractivity contribution in [3.8, 4) is 11.3 Å². The number of hydrogen-bond acceptors (Lipinski definition) is 6. The third-order valence-electron chi connectivity index (χ3n) is 3.30. The van der Waals surface area contributed by atoms with Gasteiger partial charge in [-0.15, -0.1) is 11.3 Å². The van der Waals surface area contributed by atoms with E-state index in [1.54, 1.807) is 25.4 Å². The summed E-state index contributed by atoms with van der Waals surface area (Å²) in [5.41, 5.74) is 0.984. The van der Waals surface area contributed by atoms with Crippen molar-refractivity contribution in [3.63, 3.8) is 0 Å². The number of nitrogens with zero attached hydrogens (tertiary/aromatic N) is 2. The SMILES string of the molecule is Cc1[nH]c(=O)[nH]c(=O)c1CC(=O)Nc1nc(-c2cccnc2)cs1. The van der Waals surface area contributed by atoms with E-state index in [4.69, 9.17) is 0 Å². The maximum absolute atomic E-state index is 12.1. The van der Waals surface area contributed by atoms with Gasteiger partial charge in [-0.1, -0.05) is 0 Å². The molecule has 3 rings (SSSR count). The zero-order chi connectivity index (χ0) is 17.1. The quantitative estimate of drug-likeness (QED) is 0.654. The minimum Gasteiger partial charge on any atom is -0.311 e. The van der Waals surface area contributed by atoms with Gasteiger partial charge >= 0.3 is 5.69 Å². The Morgan fingerprint density at radius 1 is 1.33 bits per heavy atom. The van der Waals surface area contributed by atoms with E-state index in [2.05, 4.69) is 25.3 Å². The van der Waals surface area contributed by atoms with E-state index in [1.807, 2.05) is 11.4 Å². The molecule has 0 aromatic carbocycles. The van der Waals surface area contributed by atoms with Crippen molar-refractivity contribution >= 4 is 22.4 Å². The predicted octanol–water partition coefficient (Wildman–Crippen LogP) is 1.07. The lowest BCUT2D eigenvalue weighted by molar-refractivity contribution is -0.115. The smallest absolute Gasteiger partial charge is 0.311 e. The first-order valence-corrected chi connectivity index (χ1v) is 7.89.